The van der Waals surface area contributed by atoms with Crippen molar-refractivity contribution in [1.29, 1.82) is 5.41 Å². The van der Waals surface area contributed by atoms with Crippen molar-refractivity contribution in [3.63, 3.8) is 0 Å². The predicted octanol–water partition coefficient (Wildman–Crippen LogP) is -7.99. The molecule has 0 bridgehead atoms. The van der Waals surface area contributed by atoms with Crippen molar-refractivity contribution in [1.82, 2.24) is 63.8 Å². The minimum Gasteiger partial charge on any atom is -0.394 e. The van der Waals surface area contributed by atoms with Crippen LogP contribution in [0.4, 0.5) is 0 Å². The van der Waals surface area contributed by atoms with Crippen LogP contribution in [0.5, 0.6) is 0 Å². The maximum atomic E-state index is 14.5. The summed E-state index contributed by atoms with van der Waals surface area (Å²) in [7, 11) is 3.54. The fourth-order valence-corrected chi connectivity index (χ4v) is 9.83. The number of Topliss-reactive ketones (excluding diaryl/α,β-unsaturated/α-hetero) is 1. The van der Waals surface area contributed by atoms with Crippen LogP contribution in [0.1, 0.15) is 65.2 Å². The van der Waals surface area contributed by atoms with Crippen LogP contribution < -0.4 is 81.0 Å². The van der Waals surface area contributed by atoms with Gasteiger partial charge in [0, 0.05) is 43.4 Å². The molecule has 0 radical (unpaired) electrons. The number of carbonyl (C=O) groups excluding carboxylic acids is 13. The molecule has 1 unspecified atom stereocenters. The van der Waals surface area contributed by atoms with E-state index in [9.17, 15) is 67.4 Å². The molecule has 0 aromatic carbocycles. The number of rotatable bonds is 27. The average molecular weight is 1100 g/mol. The molecule has 2 fully saturated rings. The Labute approximate surface area is 440 Å². The third-order valence-corrected chi connectivity index (χ3v) is 13.8. The van der Waals surface area contributed by atoms with Crippen molar-refractivity contribution in [2.24, 2.45) is 35.0 Å². The number of nitrogens with two attached hydrogens (primary N) is 3. The summed E-state index contributed by atoms with van der Waals surface area (Å²) in [6.45, 7) is 0.163. The second-order valence-electron chi connectivity index (χ2n) is 17.8. The molecule has 1 saturated heterocycles. The van der Waals surface area contributed by atoms with Crippen LogP contribution in [0.15, 0.2) is 0 Å². The van der Waals surface area contributed by atoms with E-state index in [1.165, 1.54) is 7.05 Å². The highest BCUT2D eigenvalue weighted by molar-refractivity contribution is 8.76. The Morgan fingerprint density at radius 2 is 1.25 bits per heavy atom. The Hall–Kier alpha value is -6.80. The van der Waals surface area contributed by atoms with Gasteiger partial charge in [0.05, 0.1) is 45.4 Å². The quantitative estimate of drug-likeness (QED) is 0.0157. The van der Waals surface area contributed by atoms with Crippen LogP contribution in [0, 0.1) is 23.2 Å². The molecule has 2 rings (SSSR count). The topological polar surface area (TPSA) is 488 Å². The van der Waals surface area contributed by atoms with Crippen LogP contribution in [0.25, 0.3) is 0 Å². The third-order valence-electron chi connectivity index (χ3n) is 11.4. The number of aliphatic hydroxyl groups excluding tert-OH is 1. The number of hydrogen-bond acceptors (Lipinski definition) is 18. The van der Waals surface area contributed by atoms with Crippen molar-refractivity contribution < 1.29 is 67.4 Å². The van der Waals surface area contributed by atoms with Gasteiger partial charge in [0.2, 0.25) is 70.9 Å². The maximum Gasteiger partial charge on any atom is 0.245 e. The molecule has 1 aliphatic heterocycles. The first kappa shape index (κ1) is 64.3. The molecule has 420 valence electrons. The normalized spacial score (nSPS) is 20.9. The molecule has 1 aliphatic carbocycles. The highest BCUT2D eigenvalue weighted by Gasteiger charge is 2.42. The van der Waals surface area contributed by atoms with Gasteiger partial charge in [0.1, 0.15) is 30.2 Å². The number of aliphatic hydroxyl groups is 1. The molecule has 8 atom stereocenters. The van der Waals surface area contributed by atoms with Gasteiger partial charge in [-0.25, -0.2) is 0 Å². The van der Waals surface area contributed by atoms with Crippen molar-refractivity contribution in [2.45, 2.75) is 101 Å². The Balaban J connectivity index is 2.28. The van der Waals surface area contributed by atoms with Gasteiger partial charge < -0.3 is 86.1 Å². The summed E-state index contributed by atoms with van der Waals surface area (Å²) in [5.74, 6) is -12.5. The highest BCUT2D eigenvalue weighted by Crippen LogP contribution is 2.34. The SMILES string of the molecule is CNC(=O)[C@H]1CSSC[C@@H](NC(=O)[C@H]2CCCC2C(=O)[C@@H](CCCNC(=N)N)NC(=O)[C@@H](CCC(N)=O)NC(=O)CNC(=O)CNC(=O)CNC(=O)CNC(=O)CN)C(=O)N[C@@H](CC(C)C)C(=O)N[C@@H](CO)C(=O)N1. The summed E-state index contributed by atoms with van der Waals surface area (Å²) in [6.07, 6.45) is 0.214. The molecule has 1 heterocycles. The molecule has 2 aliphatic rings. The van der Waals surface area contributed by atoms with Gasteiger partial charge in [-0.1, -0.05) is 41.9 Å². The molecule has 20 N–H and O–H groups in total. The molecule has 1 saturated carbocycles. The Morgan fingerprint density at radius 3 is 1.81 bits per heavy atom. The molecule has 0 aromatic rings. The lowest BCUT2D eigenvalue weighted by Crippen LogP contribution is -2.60. The molecule has 30 nitrogen and oxygen atoms in total. The molecule has 0 spiro atoms. The Morgan fingerprint density at radius 1 is 0.693 bits per heavy atom. The second kappa shape index (κ2) is 33.9. The first-order valence-electron chi connectivity index (χ1n) is 24.0. The van der Waals surface area contributed by atoms with E-state index < -0.39 is 164 Å². The fourth-order valence-electron chi connectivity index (χ4n) is 7.50. The van der Waals surface area contributed by atoms with E-state index in [4.69, 9.17) is 22.6 Å². The summed E-state index contributed by atoms with van der Waals surface area (Å²) >= 11 is 0. The van der Waals surface area contributed by atoms with E-state index in [0.29, 0.717) is 6.42 Å². The minimum absolute atomic E-state index is 0.0218. The summed E-state index contributed by atoms with van der Waals surface area (Å²) in [5, 5.41) is 46.8. The summed E-state index contributed by atoms with van der Waals surface area (Å²) in [6, 6.07) is -7.92. The number of guanidine groups is 1. The van der Waals surface area contributed by atoms with Gasteiger partial charge in [-0.15, -0.1) is 0 Å². The van der Waals surface area contributed by atoms with E-state index >= 15 is 0 Å². The van der Waals surface area contributed by atoms with Gasteiger partial charge in [-0.3, -0.25) is 67.7 Å². The lowest BCUT2D eigenvalue weighted by molar-refractivity contribution is -0.137. The van der Waals surface area contributed by atoms with Crippen LogP contribution in [-0.4, -0.2) is 188 Å². The lowest BCUT2D eigenvalue weighted by atomic mass is 9.86. The first-order valence-corrected chi connectivity index (χ1v) is 26.5. The van der Waals surface area contributed by atoms with Gasteiger partial charge in [-0.2, -0.15) is 0 Å². The van der Waals surface area contributed by atoms with Crippen molar-refractivity contribution in [2.75, 3.05) is 64.4 Å². The average Bonchev–Trinajstić information content (AvgIpc) is 3.87. The molecule has 0 aromatic heterocycles. The van der Waals surface area contributed by atoms with Gasteiger partial charge in [-0.05, 0) is 44.4 Å². The molecule has 75 heavy (non-hydrogen) atoms. The monoisotopic (exact) mass is 1100 g/mol. The standard InChI is InChI=1S/C43H72N16O14S2/c1-21(2)12-26-40(71)57-27(18-60)41(72)59-28(38(69)48-3)19-74-75-20-29(42(73)56-26)58-37(68)23-7-4-6-22(23)36(67)24(8-5-11-49-43(46)47)55-39(70)25(9-10-30(45)61)54-35(66)17-53-34(65)16-52-33(64)15-51-32(63)14-50-31(62)13-44/h21-29,60H,4-20,44H2,1-3H3,(H2,45,61)(H,48,69)(H,50,62)(H,51,63)(H,52,64)(H,53,65)(H,54,66)(H,55,70)(H,56,73)(H,57,71)(H,58,68)(H,59,72)(H4,46,47,49)/t22?,23-,24+,25+,26-,27-,28+,29+/m0/s1. The van der Waals surface area contributed by atoms with Gasteiger partial charge in [0.25, 0.3) is 0 Å². The number of carbonyl (C=O) groups is 13. The zero-order chi connectivity index (χ0) is 56.2. The largest absolute Gasteiger partial charge is 0.394 e. The van der Waals surface area contributed by atoms with E-state index in [1.54, 1.807) is 13.8 Å². The molecule has 32 heteroatoms. The highest BCUT2D eigenvalue weighted by atomic mass is 33.1. The van der Waals surface area contributed by atoms with E-state index in [0.717, 1.165) is 21.6 Å². The predicted molar refractivity (Wildman–Crippen MR) is 272 cm³/mol. The summed E-state index contributed by atoms with van der Waals surface area (Å²) < 4.78 is 0. The molecular formula is C43H72N16O14S2. The number of primary amides is 1. The maximum absolute atomic E-state index is 14.5. The number of likely N-dealkylation sites (N-methyl/N-ethyl adjacent to an activating group) is 1. The Kier molecular flexibility index (Phi) is 29.1. The van der Waals surface area contributed by atoms with Crippen LogP contribution in [0.2, 0.25) is 0 Å². The fraction of sp³-hybridized carbons (Fsp3) is 0.674. The second-order valence-corrected chi connectivity index (χ2v) is 20.3. The lowest BCUT2D eigenvalue weighted by Gasteiger charge is -2.29. The summed E-state index contributed by atoms with van der Waals surface area (Å²) in [4.78, 5) is 168. The zero-order valence-corrected chi connectivity index (χ0v) is 43.7. The zero-order valence-electron chi connectivity index (χ0n) is 42.0. The van der Waals surface area contributed by atoms with Crippen molar-refractivity contribution >= 4 is 104 Å². The van der Waals surface area contributed by atoms with E-state index in [1.807, 2.05) is 0 Å². The summed E-state index contributed by atoms with van der Waals surface area (Å²) in [5.41, 5.74) is 15.9. The van der Waals surface area contributed by atoms with Crippen molar-refractivity contribution in [3.05, 3.63) is 0 Å². The number of amides is 12. The van der Waals surface area contributed by atoms with Crippen molar-refractivity contribution in [3.8, 4) is 0 Å². The minimum atomic E-state index is -1.49. The van der Waals surface area contributed by atoms with E-state index in [2.05, 4.69) is 63.8 Å². The van der Waals surface area contributed by atoms with Crippen LogP contribution in [-0.2, 0) is 62.3 Å². The van der Waals surface area contributed by atoms with Gasteiger partial charge in [0.15, 0.2) is 11.7 Å². The smallest absolute Gasteiger partial charge is 0.245 e. The number of ketones is 1. The van der Waals surface area contributed by atoms with Crippen LogP contribution in [0.3, 0.4) is 0 Å². The molecular weight excluding hydrogens is 1030 g/mol. The third kappa shape index (κ3) is 24.4. The van der Waals surface area contributed by atoms with E-state index in [-0.39, 0.29) is 75.0 Å². The number of hydrogen-bond donors (Lipinski definition) is 17. The van der Waals surface area contributed by atoms with Gasteiger partial charge >= 0.3 is 0 Å². The molecule has 12 amide bonds. The Bertz CT molecular complexity index is 2090. The first-order chi connectivity index (χ1) is 35.5. The van der Waals surface area contributed by atoms with Crippen LogP contribution >= 0.6 is 21.6 Å². The number of nitrogens with one attached hydrogen (secondary N) is 13.